The van der Waals surface area contributed by atoms with Crippen molar-refractivity contribution in [2.75, 3.05) is 0 Å². The lowest BCUT2D eigenvalue weighted by atomic mass is 9.94. The van der Waals surface area contributed by atoms with Gasteiger partial charge in [0.2, 0.25) is 5.13 Å². The molecular weight excluding hydrogens is 554 g/mol. The quantitative estimate of drug-likeness (QED) is 0.250. The largest absolute Gasteiger partial charge is 0.476 e. The summed E-state index contributed by atoms with van der Waals surface area (Å²) < 4.78 is 43.1. The Labute approximate surface area is 236 Å². The zero-order valence-electron chi connectivity index (χ0n) is 21.4. The molecule has 206 valence electrons. The fraction of sp³-hybridized carbons (Fsp3) is 0.276. The minimum atomic E-state index is -1.95. The Morgan fingerprint density at radius 1 is 1.18 bits per heavy atom. The average Bonchev–Trinajstić information content (AvgIpc) is 3.29. The Bertz CT molecular complexity index is 1690. The fourth-order valence-electron chi connectivity index (χ4n) is 5.18. The van der Waals surface area contributed by atoms with E-state index in [2.05, 4.69) is 11.1 Å². The molecule has 2 aromatic heterocycles. The second kappa shape index (κ2) is 10.8. The van der Waals surface area contributed by atoms with E-state index >= 15 is 0 Å². The number of nitrogens with two attached hydrogens (primary N) is 1. The van der Waals surface area contributed by atoms with Crippen LogP contribution in [0.4, 0.5) is 8.78 Å². The van der Waals surface area contributed by atoms with Crippen LogP contribution in [0.5, 0.6) is 0 Å². The highest BCUT2D eigenvalue weighted by Gasteiger charge is 2.30. The highest BCUT2D eigenvalue weighted by molar-refractivity contribution is 7.82. The number of carboxylic acid groups (broad SMARTS) is 1. The second-order valence-electron chi connectivity index (χ2n) is 10.2. The molecule has 1 fully saturated rings. The summed E-state index contributed by atoms with van der Waals surface area (Å²) in [6, 6.07) is 9.40. The Balaban J connectivity index is 1.53. The first kappa shape index (κ1) is 26.7. The van der Waals surface area contributed by atoms with Crippen LogP contribution in [-0.4, -0.2) is 30.0 Å². The molecule has 2 aliphatic rings. The minimum Gasteiger partial charge on any atom is -0.476 e. The number of nitrogens with zero attached hydrogens (tertiary/aromatic N) is 3. The first-order valence-corrected chi connectivity index (χ1v) is 15.1. The van der Waals surface area contributed by atoms with Gasteiger partial charge >= 0.3 is 5.97 Å². The monoisotopic (exact) mass is 580 g/mol. The first-order chi connectivity index (χ1) is 19.3. The summed E-state index contributed by atoms with van der Waals surface area (Å²) >= 11 is 1.18. The maximum Gasteiger partial charge on any atom is 0.355 e. The van der Waals surface area contributed by atoms with E-state index in [1.807, 2.05) is 6.07 Å². The predicted octanol–water partition coefficient (Wildman–Crippen LogP) is 6.06. The van der Waals surface area contributed by atoms with Crippen molar-refractivity contribution in [1.82, 2.24) is 14.8 Å². The van der Waals surface area contributed by atoms with Crippen LogP contribution >= 0.6 is 11.3 Å². The van der Waals surface area contributed by atoms with Gasteiger partial charge in [-0.15, -0.1) is 11.3 Å². The van der Waals surface area contributed by atoms with Gasteiger partial charge in [-0.2, -0.15) is 5.10 Å². The van der Waals surface area contributed by atoms with E-state index in [9.17, 15) is 22.9 Å². The Morgan fingerprint density at radius 2 is 2.00 bits per heavy atom. The van der Waals surface area contributed by atoms with Crippen molar-refractivity contribution in [3.63, 3.8) is 0 Å². The van der Waals surface area contributed by atoms with E-state index in [1.165, 1.54) is 34.9 Å². The highest BCUT2D eigenvalue weighted by atomic mass is 32.2. The third-order valence-corrected chi connectivity index (χ3v) is 8.96. The van der Waals surface area contributed by atoms with Crippen LogP contribution in [0, 0.1) is 17.6 Å². The van der Waals surface area contributed by atoms with Gasteiger partial charge in [0.25, 0.3) is 0 Å². The molecule has 7 nitrogen and oxygen atoms in total. The van der Waals surface area contributed by atoms with Crippen molar-refractivity contribution in [1.29, 1.82) is 0 Å². The number of benzene rings is 2. The highest BCUT2D eigenvalue weighted by Crippen LogP contribution is 2.39. The summed E-state index contributed by atoms with van der Waals surface area (Å²) in [6.45, 7) is 0. The Hall–Kier alpha value is -3.54. The molecular formula is C29H26F2N4O3S2. The molecule has 2 aliphatic carbocycles. The number of halogens is 2. The molecule has 0 saturated heterocycles. The van der Waals surface area contributed by atoms with Crippen LogP contribution in [0.25, 0.3) is 22.0 Å². The lowest BCUT2D eigenvalue weighted by Crippen LogP contribution is -2.07. The molecule has 2 aromatic carbocycles. The van der Waals surface area contributed by atoms with Crippen LogP contribution in [-0.2, 0) is 23.8 Å². The van der Waals surface area contributed by atoms with E-state index < -0.39 is 22.8 Å². The Kier molecular flexibility index (Phi) is 7.20. The number of thiazole rings is 1. The summed E-state index contributed by atoms with van der Waals surface area (Å²) in [5.74, 6) is -1.62. The van der Waals surface area contributed by atoms with Gasteiger partial charge < -0.3 is 5.11 Å². The molecule has 0 aliphatic heterocycles. The molecule has 0 spiro atoms. The van der Waals surface area contributed by atoms with Gasteiger partial charge in [-0.1, -0.05) is 12.1 Å². The summed E-state index contributed by atoms with van der Waals surface area (Å²) in [5.41, 5.74) is 5.09. The number of aromatic carboxylic acids is 1. The fourth-order valence-corrected chi connectivity index (χ4v) is 6.41. The number of carbonyl (C=O) groups is 1. The number of hydrogen-bond donors (Lipinski definition) is 2. The number of aromatic nitrogens is 3. The Morgan fingerprint density at radius 3 is 2.65 bits per heavy atom. The van der Waals surface area contributed by atoms with Crippen LogP contribution in [0.3, 0.4) is 0 Å². The molecule has 4 aromatic rings. The average molecular weight is 581 g/mol. The molecule has 40 heavy (non-hydrogen) atoms. The van der Waals surface area contributed by atoms with Crippen molar-refractivity contribution in [2.24, 2.45) is 11.1 Å². The standard InChI is InChI=1S/C29H26F2N4O3S2/c30-22-9-8-19(14-20(22)18-3-1-2-4-18)27-21(11-17-7-10-26(40(32)38)23(31)12-17)25(13-16-5-6-16)35(34-27)29-33-24(15-39-29)28(36)37/h3,7-10,12,14-16H,1-2,4-6,11,13,32H2,(H,36,37). The summed E-state index contributed by atoms with van der Waals surface area (Å²) in [5, 5.41) is 21.7. The second-order valence-corrected chi connectivity index (χ2v) is 12.1. The molecule has 1 saturated carbocycles. The summed E-state index contributed by atoms with van der Waals surface area (Å²) in [7, 11) is -1.95. The van der Waals surface area contributed by atoms with E-state index in [-0.39, 0.29) is 16.4 Å². The van der Waals surface area contributed by atoms with Gasteiger partial charge in [-0.3, -0.25) is 0 Å². The zero-order chi connectivity index (χ0) is 28.0. The van der Waals surface area contributed by atoms with Crippen LogP contribution in [0.2, 0.25) is 0 Å². The van der Waals surface area contributed by atoms with Gasteiger partial charge in [0.1, 0.15) is 22.6 Å². The molecule has 2 heterocycles. The van der Waals surface area contributed by atoms with Crippen molar-refractivity contribution < 1.29 is 22.9 Å². The molecule has 0 radical (unpaired) electrons. The SMILES string of the molecule is NS(=O)c1ccc(Cc2c(-c3ccc(F)c(C4=CCCC4)c3)nn(-c3nc(C(=O)O)cs3)c2CC2CC2)cc1F. The molecule has 6 rings (SSSR count). The third-order valence-electron chi connectivity index (χ3n) is 7.38. The number of allylic oxidation sites excluding steroid dienone is 2. The van der Waals surface area contributed by atoms with Crippen LogP contribution in [0.15, 0.2) is 52.7 Å². The van der Waals surface area contributed by atoms with Gasteiger partial charge in [0.05, 0.1) is 16.3 Å². The number of rotatable bonds is 9. The van der Waals surface area contributed by atoms with E-state index in [4.69, 9.17) is 10.2 Å². The smallest absolute Gasteiger partial charge is 0.355 e. The van der Waals surface area contributed by atoms with Crippen molar-refractivity contribution >= 4 is 33.9 Å². The maximum atomic E-state index is 14.9. The van der Waals surface area contributed by atoms with E-state index in [1.54, 1.807) is 16.8 Å². The normalized spacial score (nSPS) is 15.8. The van der Waals surface area contributed by atoms with Crippen molar-refractivity contribution in [3.8, 4) is 16.4 Å². The number of carboxylic acids is 1. The van der Waals surface area contributed by atoms with E-state index in [0.717, 1.165) is 48.9 Å². The first-order valence-electron chi connectivity index (χ1n) is 13.0. The maximum absolute atomic E-state index is 14.9. The summed E-state index contributed by atoms with van der Waals surface area (Å²) in [6.07, 6.45) is 7.90. The van der Waals surface area contributed by atoms with E-state index in [0.29, 0.717) is 46.3 Å². The molecule has 0 amide bonds. The van der Waals surface area contributed by atoms with Crippen LogP contribution < -0.4 is 5.14 Å². The lowest BCUT2D eigenvalue weighted by molar-refractivity contribution is 0.0691. The molecule has 0 bridgehead atoms. The topological polar surface area (TPSA) is 111 Å². The number of hydrogen-bond acceptors (Lipinski definition) is 5. The van der Waals surface area contributed by atoms with Gasteiger partial charge in [0.15, 0.2) is 5.69 Å². The molecule has 3 N–H and O–H groups in total. The van der Waals surface area contributed by atoms with Gasteiger partial charge in [-0.05, 0) is 85.9 Å². The third kappa shape index (κ3) is 5.28. The molecule has 1 unspecified atom stereocenters. The zero-order valence-corrected chi connectivity index (χ0v) is 23.0. The molecule has 1 atom stereocenters. The van der Waals surface area contributed by atoms with Crippen molar-refractivity contribution in [2.45, 2.75) is 49.8 Å². The lowest BCUT2D eigenvalue weighted by Gasteiger charge is -2.11. The molecule has 11 heteroatoms. The summed E-state index contributed by atoms with van der Waals surface area (Å²) in [4.78, 5) is 15.8. The van der Waals surface area contributed by atoms with Gasteiger partial charge in [-0.25, -0.2) is 32.6 Å². The van der Waals surface area contributed by atoms with Crippen molar-refractivity contribution in [3.05, 3.63) is 87.6 Å². The minimum absolute atomic E-state index is 0.0688. The predicted molar refractivity (Wildman–Crippen MR) is 150 cm³/mol. The van der Waals surface area contributed by atoms with Crippen LogP contribution in [0.1, 0.15) is 65.0 Å². The van der Waals surface area contributed by atoms with Gasteiger partial charge in [0, 0.05) is 28.5 Å².